The van der Waals surface area contributed by atoms with Crippen molar-refractivity contribution < 1.29 is 4.74 Å². The third kappa shape index (κ3) is 5.11. The summed E-state index contributed by atoms with van der Waals surface area (Å²) in [5.41, 5.74) is 0. The van der Waals surface area contributed by atoms with Crippen LogP contribution in [-0.2, 0) is 0 Å². The zero-order valence-corrected chi connectivity index (χ0v) is 11.9. The summed E-state index contributed by atoms with van der Waals surface area (Å²) in [6.45, 7) is 9.00. The number of rotatable bonds is 8. The molecule has 2 atom stereocenters. The monoisotopic (exact) mass is 267 g/mol. The Bertz CT molecular complexity index is 367. The second kappa shape index (κ2) is 8.17. The molecule has 0 spiro atoms. The smallest absolute Gasteiger partial charge is 0.121 e. The molecule has 0 heterocycles. The zero-order chi connectivity index (χ0) is 13.4. The molecule has 1 aromatic rings. The van der Waals surface area contributed by atoms with Gasteiger partial charge in [-0.3, -0.25) is 0 Å². The average molecular weight is 268 g/mol. The van der Waals surface area contributed by atoms with Crippen LogP contribution in [0.5, 0.6) is 5.75 Å². The van der Waals surface area contributed by atoms with Crippen molar-refractivity contribution in [1.82, 2.24) is 5.32 Å². The number of benzene rings is 1. The number of nitrogens with one attached hydrogen (secondary N) is 1. The fraction of sp³-hybridized carbons (Fsp3) is 0.467. The molecule has 0 aliphatic heterocycles. The van der Waals surface area contributed by atoms with Crippen molar-refractivity contribution in [3.05, 3.63) is 41.9 Å². The molecule has 0 amide bonds. The molecular weight excluding hydrogens is 246 g/mol. The van der Waals surface area contributed by atoms with E-state index in [2.05, 4.69) is 25.7 Å². The Labute approximate surface area is 115 Å². The van der Waals surface area contributed by atoms with Crippen LogP contribution in [-0.4, -0.2) is 18.7 Å². The van der Waals surface area contributed by atoms with Gasteiger partial charge in [-0.25, -0.2) is 0 Å². The summed E-state index contributed by atoms with van der Waals surface area (Å²) < 4.78 is 5.91. The summed E-state index contributed by atoms with van der Waals surface area (Å²) in [7, 11) is 0. The first-order valence-electron chi connectivity index (χ1n) is 6.43. The van der Waals surface area contributed by atoms with Crippen LogP contribution in [0.3, 0.4) is 0 Å². The van der Waals surface area contributed by atoms with Gasteiger partial charge in [-0.2, -0.15) is 0 Å². The normalized spacial score (nSPS) is 13.9. The SMILES string of the molecule is C=CCC(NCCC)C(C)Oc1cccc(Cl)c1. The summed E-state index contributed by atoms with van der Waals surface area (Å²) >= 11 is 5.94. The van der Waals surface area contributed by atoms with Gasteiger partial charge in [-0.05, 0) is 44.5 Å². The van der Waals surface area contributed by atoms with Crippen LogP contribution in [0.15, 0.2) is 36.9 Å². The third-order valence-electron chi connectivity index (χ3n) is 2.76. The van der Waals surface area contributed by atoms with E-state index in [0.29, 0.717) is 5.02 Å². The number of halogens is 1. The minimum absolute atomic E-state index is 0.0769. The Morgan fingerprint density at radius 3 is 2.89 bits per heavy atom. The van der Waals surface area contributed by atoms with Gasteiger partial charge in [-0.1, -0.05) is 30.7 Å². The van der Waals surface area contributed by atoms with Crippen LogP contribution in [0.2, 0.25) is 5.02 Å². The van der Waals surface area contributed by atoms with E-state index in [9.17, 15) is 0 Å². The summed E-state index contributed by atoms with van der Waals surface area (Å²) in [5, 5.41) is 4.17. The van der Waals surface area contributed by atoms with Gasteiger partial charge in [0.2, 0.25) is 0 Å². The van der Waals surface area contributed by atoms with E-state index in [4.69, 9.17) is 16.3 Å². The molecular formula is C15H22ClNO. The second-order valence-electron chi connectivity index (χ2n) is 4.37. The average Bonchev–Trinajstić information content (AvgIpc) is 2.34. The van der Waals surface area contributed by atoms with E-state index >= 15 is 0 Å². The molecule has 1 N–H and O–H groups in total. The largest absolute Gasteiger partial charge is 0.489 e. The van der Waals surface area contributed by atoms with E-state index in [1.807, 2.05) is 30.3 Å². The molecule has 18 heavy (non-hydrogen) atoms. The van der Waals surface area contributed by atoms with E-state index in [-0.39, 0.29) is 12.1 Å². The minimum atomic E-state index is 0.0769. The number of hydrogen-bond donors (Lipinski definition) is 1. The molecule has 0 saturated carbocycles. The molecule has 1 rings (SSSR count). The lowest BCUT2D eigenvalue weighted by Crippen LogP contribution is -2.41. The molecule has 0 bridgehead atoms. The van der Waals surface area contributed by atoms with Gasteiger partial charge in [-0.15, -0.1) is 6.58 Å². The van der Waals surface area contributed by atoms with Crippen molar-refractivity contribution >= 4 is 11.6 Å². The molecule has 100 valence electrons. The fourth-order valence-electron chi connectivity index (χ4n) is 1.79. The molecule has 0 aliphatic rings. The van der Waals surface area contributed by atoms with E-state index in [0.717, 1.165) is 25.1 Å². The molecule has 0 radical (unpaired) electrons. The van der Waals surface area contributed by atoms with Crippen molar-refractivity contribution in [3.8, 4) is 5.75 Å². The van der Waals surface area contributed by atoms with Gasteiger partial charge in [0, 0.05) is 11.1 Å². The maximum Gasteiger partial charge on any atom is 0.121 e. The van der Waals surface area contributed by atoms with Gasteiger partial charge < -0.3 is 10.1 Å². The van der Waals surface area contributed by atoms with E-state index in [1.54, 1.807) is 0 Å². The maximum atomic E-state index is 5.94. The van der Waals surface area contributed by atoms with Crippen molar-refractivity contribution in [2.75, 3.05) is 6.54 Å². The van der Waals surface area contributed by atoms with Crippen molar-refractivity contribution in [1.29, 1.82) is 0 Å². The fourth-order valence-corrected chi connectivity index (χ4v) is 1.97. The lowest BCUT2D eigenvalue weighted by molar-refractivity contribution is 0.170. The van der Waals surface area contributed by atoms with Gasteiger partial charge in [0.15, 0.2) is 0 Å². The standard InChI is InChI=1S/C15H22ClNO/c1-4-7-15(17-10-5-2)12(3)18-14-9-6-8-13(16)11-14/h4,6,8-9,11-12,15,17H,1,5,7,10H2,2-3H3. The Hall–Kier alpha value is -0.990. The predicted molar refractivity (Wildman–Crippen MR) is 78.4 cm³/mol. The molecule has 1 aromatic carbocycles. The highest BCUT2D eigenvalue weighted by atomic mass is 35.5. The first kappa shape index (κ1) is 15.1. The summed E-state index contributed by atoms with van der Waals surface area (Å²) in [5.74, 6) is 0.808. The molecule has 2 unspecified atom stereocenters. The van der Waals surface area contributed by atoms with E-state index in [1.165, 1.54) is 0 Å². The highest BCUT2D eigenvalue weighted by Gasteiger charge is 2.16. The van der Waals surface area contributed by atoms with Gasteiger partial charge >= 0.3 is 0 Å². The molecule has 0 saturated heterocycles. The minimum Gasteiger partial charge on any atom is -0.489 e. The van der Waals surface area contributed by atoms with Crippen molar-refractivity contribution in [2.24, 2.45) is 0 Å². The highest BCUT2D eigenvalue weighted by Crippen LogP contribution is 2.19. The van der Waals surface area contributed by atoms with Crippen LogP contribution >= 0.6 is 11.6 Å². The first-order chi connectivity index (χ1) is 8.67. The summed E-state index contributed by atoms with van der Waals surface area (Å²) in [6.07, 6.45) is 4.00. The second-order valence-corrected chi connectivity index (χ2v) is 4.80. The topological polar surface area (TPSA) is 21.3 Å². The van der Waals surface area contributed by atoms with Crippen LogP contribution in [0.4, 0.5) is 0 Å². The van der Waals surface area contributed by atoms with Crippen LogP contribution in [0.25, 0.3) is 0 Å². The Kier molecular flexibility index (Phi) is 6.84. The van der Waals surface area contributed by atoms with Gasteiger partial charge in [0.1, 0.15) is 11.9 Å². The molecule has 0 aliphatic carbocycles. The Morgan fingerprint density at radius 2 is 2.28 bits per heavy atom. The quantitative estimate of drug-likeness (QED) is 0.718. The summed E-state index contributed by atoms with van der Waals surface area (Å²) in [6, 6.07) is 7.78. The van der Waals surface area contributed by atoms with Crippen LogP contribution in [0, 0.1) is 0 Å². The number of hydrogen-bond acceptors (Lipinski definition) is 2. The van der Waals surface area contributed by atoms with Gasteiger partial charge in [0.25, 0.3) is 0 Å². The van der Waals surface area contributed by atoms with Crippen LogP contribution in [0.1, 0.15) is 26.7 Å². The molecule has 3 heteroatoms. The van der Waals surface area contributed by atoms with E-state index < -0.39 is 0 Å². The number of ether oxygens (including phenoxy) is 1. The molecule has 0 fully saturated rings. The van der Waals surface area contributed by atoms with Crippen molar-refractivity contribution in [2.45, 2.75) is 38.8 Å². The maximum absolute atomic E-state index is 5.94. The summed E-state index contributed by atoms with van der Waals surface area (Å²) in [4.78, 5) is 0. The van der Waals surface area contributed by atoms with Gasteiger partial charge in [0.05, 0.1) is 0 Å². The lowest BCUT2D eigenvalue weighted by Gasteiger charge is -2.25. The first-order valence-corrected chi connectivity index (χ1v) is 6.81. The zero-order valence-electron chi connectivity index (χ0n) is 11.2. The van der Waals surface area contributed by atoms with Crippen LogP contribution < -0.4 is 10.1 Å². The Balaban J connectivity index is 2.59. The molecule has 2 nitrogen and oxygen atoms in total. The molecule has 0 aromatic heterocycles. The van der Waals surface area contributed by atoms with Crippen molar-refractivity contribution in [3.63, 3.8) is 0 Å². The Morgan fingerprint density at radius 1 is 1.50 bits per heavy atom. The predicted octanol–water partition coefficient (Wildman–Crippen LogP) is 4.05. The third-order valence-corrected chi connectivity index (χ3v) is 3.00. The lowest BCUT2D eigenvalue weighted by atomic mass is 10.1. The highest BCUT2D eigenvalue weighted by molar-refractivity contribution is 6.30.